The van der Waals surface area contributed by atoms with Crippen LogP contribution in [0.4, 0.5) is 0 Å². The second kappa shape index (κ2) is 7.15. The van der Waals surface area contributed by atoms with E-state index in [0.717, 1.165) is 6.64 Å². The molecule has 0 spiro atoms. The van der Waals surface area contributed by atoms with Crippen molar-refractivity contribution in [3.8, 4) is 0 Å². The molecule has 0 fully saturated rings. The summed E-state index contributed by atoms with van der Waals surface area (Å²) in [5, 5.41) is 0. The molecule has 0 N–H and O–H groups in total. The fraction of sp³-hybridized carbons (Fsp3) is 0.0667. The standard InChI is InChI=1S/2C9H7.2C6H5.2ClH.Hf/c2*1-2-5-9-7-3-6-8(9)4-1;2*1-2-4-6-5-3-1;;;/h2*1-7H;2*1-5H;2*1H;/q;;;;;;+2/p-2. The number of benzene rings is 4. The van der Waals surface area contributed by atoms with E-state index in [-0.39, 0.29) is 7.35 Å². The summed E-state index contributed by atoms with van der Waals surface area (Å²) < 4.78 is 1.90. The second-order valence-corrected chi connectivity index (χ2v) is 48.7. The molecule has 3 heteroatoms. The molecule has 4 aromatic rings. The van der Waals surface area contributed by atoms with E-state index in [1.165, 1.54) is 22.3 Å². The summed E-state index contributed by atoms with van der Waals surface area (Å²) in [6.07, 6.45) is 8.97. The molecular weight excluding hydrogens is 610 g/mol. The predicted molar refractivity (Wildman–Crippen MR) is 140 cm³/mol. The average Bonchev–Trinajstić information content (AvgIpc) is 3.52. The van der Waals surface area contributed by atoms with Crippen molar-refractivity contribution in [2.75, 3.05) is 0 Å². The van der Waals surface area contributed by atoms with Crippen LogP contribution in [0, 0.1) is 0 Å². The van der Waals surface area contributed by atoms with Crippen LogP contribution in [0.5, 0.6) is 0 Å². The van der Waals surface area contributed by atoms with Crippen LogP contribution in [0.2, 0.25) is 0 Å². The van der Waals surface area contributed by atoms with Gasteiger partial charge in [0.15, 0.2) is 0 Å². The van der Waals surface area contributed by atoms with Crippen LogP contribution in [-0.2, 0) is 14.7 Å². The van der Waals surface area contributed by atoms with E-state index < -0.39 is 14.7 Å². The zero-order valence-corrected chi connectivity index (χ0v) is 23.2. The third-order valence-corrected chi connectivity index (χ3v) is 49.3. The SMILES string of the molecule is [Cl][Hf]([Cl])([c]1ccccc1)([c]1ccccc1)([CH]1C=Cc2ccccc21)[CH]1C=Cc2ccccc21. The number of halogens is 2. The summed E-state index contributed by atoms with van der Waals surface area (Å²) in [5.41, 5.74) is 4.83. The predicted octanol–water partition coefficient (Wildman–Crippen LogP) is 7.71. The molecule has 2 atom stereocenters. The van der Waals surface area contributed by atoms with Gasteiger partial charge >= 0.3 is 202 Å². The van der Waals surface area contributed by atoms with E-state index in [0.29, 0.717) is 0 Å². The van der Waals surface area contributed by atoms with Gasteiger partial charge in [0.1, 0.15) is 0 Å². The fourth-order valence-corrected chi connectivity index (χ4v) is 42.7. The first kappa shape index (κ1) is 21.4. The quantitative estimate of drug-likeness (QED) is 0.202. The molecule has 0 saturated carbocycles. The number of allylic oxidation sites excluding steroid dienone is 2. The fourth-order valence-electron chi connectivity index (χ4n) is 6.43. The Morgan fingerprint density at radius 3 is 1.24 bits per heavy atom. The van der Waals surface area contributed by atoms with Crippen molar-refractivity contribution in [2.45, 2.75) is 7.35 Å². The van der Waals surface area contributed by atoms with E-state index in [4.69, 9.17) is 17.2 Å². The third kappa shape index (κ3) is 2.62. The Morgan fingerprint density at radius 2 is 0.818 bits per heavy atom. The minimum atomic E-state index is -6.02. The number of hydrogen-bond acceptors (Lipinski definition) is 0. The van der Waals surface area contributed by atoms with Crippen LogP contribution in [0.25, 0.3) is 12.2 Å². The molecule has 162 valence electrons. The van der Waals surface area contributed by atoms with Crippen LogP contribution < -0.4 is 6.64 Å². The number of hydrogen-bond donors (Lipinski definition) is 0. The zero-order valence-electron chi connectivity index (χ0n) is 18.1. The summed E-state index contributed by atoms with van der Waals surface area (Å²) in [5.74, 6) is 0. The van der Waals surface area contributed by atoms with Gasteiger partial charge in [-0.15, -0.1) is 0 Å². The van der Waals surface area contributed by atoms with Crippen molar-refractivity contribution in [2.24, 2.45) is 0 Å². The summed E-state index contributed by atoms with van der Waals surface area (Å²) in [7, 11) is 17.3. The molecule has 0 amide bonds. The van der Waals surface area contributed by atoms with E-state index in [1.54, 1.807) is 0 Å². The van der Waals surface area contributed by atoms with Crippen LogP contribution in [0.15, 0.2) is 121 Å². The van der Waals surface area contributed by atoms with Gasteiger partial charge in [-0.1, -0.05) is 0 Å². The topological polar surface area (TPSA) is 0 Å². The maximum absolute atomic E-state index is 8.65. The molecule has 4 aromatic carbocycles. The molecule has 0 saturated heterocycles. The van der Waals surface area contributed by atoms with Crippen molar-refractivity contribution in [1.82, 2.24) is 0 Å². The zero-order chi connectivity index (χ0) is 22.6. The molecule has 0 nitrogen and oxygen atoms in total. The van der Waals surface area contributed by atoms with E-state index in [9.17, 15) is 0 Å². The van der Waals surface area contributed by atoms with Gasteiger partial charge in [-0.05, 0) is 0 Å². The molecule has 0 aromatic heterocycles. The summed E-state index contributed by atoms with van der Waals surface area (Å²) in [6.45, 7) is 0. The van der Waals surface area contributed by atoms with Gasteiger partial charge in [0.2, 0.25) is 0 Å². The monoisotopic (exact) mass is 634 g/mol. The van der Waals surface area contributed by atoms with Gasteiger partial charge in [-0.3, -0.25) is 0 Å². The van der Waals surface area contributed by atoms with Crippen molar-refractivity contribution >= 4 is 35.9 Å². The van der Waals surface area contributed by atoms with Gasteiger partial charge in [0.25, 0.3) is 0 Å². The minimum absolute atomic E-state index is 0.120. The Morgan fingerprint density at radius 1 is 0.455 bits per heavy atom. The maximum atomic E-state index is 8.65. The molecular formula is C30H24Cl2Hf. The van der Waals surface area contributed by atoms with E-state index in [2.05, 4.69) is 121 Å². The van der Waals surface area contributed by atoms with Crippen LogP contribution in [-0.4, -0.2) is 0 Å². The number of rotatable bonds is 4. The second-order valence-electron chi connectivity index (χ2n) is 9.42. The van der Waals surface area contributed by atoms with Crippen LogP contribution >= 0.6 is 17.2 Å². The van der Waals surface area contributed by atoms with Crippen molar-refractivity contribution in [1.29, 1.82) is 0 Å². The van der Waals surface area contributed by atoms with Gasteiger partial charge in [-0.2, -0.15) is 0 Å². The molecule has 6 rings (SSSR count). The normalized spacial score (nSPS) is 20.7. The molecule has 0 aliphatic heterocycles. The van der Waals surface area contributed by atoms with Gasteiger partial charge in [0.05, 0.1) is 0 Å². The number of fused-ring (bicyclic) bond motifs is 2. The summed E-state index contributed by atoms with van der Waals surface area (Å²) >= 11 is -6.02. The first-order chi connectivity index (χ1) is 16.0. The van der Waals surface area contributed by atoms with Crippen molar-refractivity contribution in [3.05, 3.63) is 144 Å². The van der Waals surface area contributed by atoms with Gasteiger partial charge in [0, 0.05) is 0 Å². The molecule has 0 radical (unpaired) electrons. The molecule has 2 unspecified atom stereocenters. The first-order valence-corrected chi connectivity index (χ1v) is 28.1. The van der Waals surface area contributed by atoms with Crippen molar-refractivity contribution < 1.29 is 14.7 Å². The third-order valence-electron chi connectivity index (χ3n) is 7.99. The van der Waals surface area contributed by atoms with E-state index in [1.807, 2.05) is 12.1 Å². The van der Waals surface area contributed by atoms with E-state index >= 15 is 0 Å². The van der Waals surface area contributed by atoms with Crippen LogP contribution in [0.3, 0.4) is 0 Å². The van der Waals surface area contributed by atoms with Crippen LogP contribution in [0.1, 0.15) is 29.6 Å². The Bertz CT molecular complexity index is 1320. The summed E-state index contributed by atoms with van der Waals surface area (Å²) in [6, 6.07) is 38.2. The average molecular weight is 634 g/mol. The molecule has 0 heterocycles. The Kier molecular flexibility index (Phi) is 4.63. The summed E-state index contributed by atoms with van der Waals surface area (Å²) in [4.78, 5) is 0. The first-order valence-electron chi connectivity index (χ1n) is 11.4. The molecule has 2 aliphatic carbocycles. The van der Waals surface area contributed by atoms with Gasteiger partial charge < -0.3 is 0 Å². The van der Waals surface area contributed by atoms with Gasteiger partial charge in [-0.25, -0.2) is 0 Å². The van der Waals surface area contributed by atoms with Crippen molar-refractivity contribution in [3.63, 3.8) is 0 Å². The Balaban J connectivity index is 1.83. The molecule has 0 bridgehead atoms. The molecule has 2 aliphatic rings. The Labute approximate surface area is 200 Å². The Hall–Kier alpha value is -2.19. The molecule has 33 heavy (non-hydrogen) atoms.